The molecule has 0 unspecified atom stereocenters. The van der Waals surface area contributed by atoms with Crippen molar-refractivity contribution in [3.63, 3.8) is 0 Å². The Labute approximate surface area is 136 Å². The molecule has 0 radical (unpaired) electrons. The average molecular weight is 344 g/mol. The number of nitrogens with two attached hydrogens (primary N) is 1. The maximum atomic E-state index is 12.4. The standard InChI is InChI=1S/C15H12N4O4S/c16-24(22,23)10-5-3-4-9(8-10)17-15(21)13-11-6-1-2-7-12(11)14(20)19-18-13/h1-8H,(H,17,21)(H,19,20)(H2,16,22,23). The number of hydrogen-bond donors (Lipinski definition) is 3. The minimum Gasteiger partial charge on any atom is -0.321 e. The number of benzene rings is 2. The minimum absolute atomic E-state index is 0.0196. The summed E-state index contributed by atoms with van der Waals surface area (Å²) < 4.78 is 22.7. The van der Waals surface area contributed by atoms with Crippen LogP contribution in [0.4, 0.5) is 5.69 Å². The predicted octanol–water partition coefficient (Wildman–Crippen LogP) is 0.823. The van der Waals surface area contributed by atoms with Gasteiger partial charge in [-0.3, -0.25) is 9.59 Å². The predicted molar refractivity (Wildman–Crippen MR) is 88.1 cm³/mol. The van der Waals surface area contributed by atoms with Crippen molar-refractivity contribution >= 4 is 32.4 Å². The minimum atomic E-state index is -3.88. The Kier molecular flexibility index (Phi) is 3.87. The van der Waals surface area contributed by atoms with Gasteiger partial charge in [-0.1, -0.05) is 24.3 Å². The topological polar surface area (TPSA) is 135 Å². The molecule has 3 rings (SSSR count). The van der Waals surface area contributed by atoms with E-state index in [1.54, 1.807) is 24.3 Å². The number of amides is 1. The molecule has 0 saturated carbocycles. The quantitative estimate of drug-likeness (QED) is 0.646. The van der Waals surface area contributed by atoms with Crippen LogP contribution in [-0.4, -0.2) is 24.5 Å². The van der Waals surface area contributed by atoms with E-state index in [0.29, 0.717) is 10.8 Å². The van der Waals surface area contributed by atoms with Gasteiger partial charge in [-0.2, -0.15) is 5.10 Å². The van der Waals surface area contributed by atoms with Crippen molar-refractivity contribution in [2.75, 3.05) is 5.32 Å². The zero-order chi connectivity index (χ0) is 17.3. The van der Waals surface area contributed by atoms with Gasteiger partial charge in [0.25, 0.3) is 11.5 Å². The van der Waals surface area contributed by atoms with E-state index in [1.807, 2.05) is 0 Å². The van der Waals surface area contributed by atoms with Crippen molar-refractivity contribution in [2.45, 2.75) is 4.90 Å². The maximum Gasteiger partial charge on any atom is 0.276 e. The second kappa shape index (κ2) is 5.87. The van der Waals surface area contributed by atoms with Crippen LogP contribution in [0, 0.1) is 0 Å². The fourth-order valence-corrected chi connectivity index (χ4v) is 2.79. The number of nitrogens with one attached hydrogen (secondary N) is 2. The molecule has 1 aromatic heterocycles. The Balaban J connectivity index is 2.00. The number of nitrogens with zero attached hydrogens (tertiary/aromatic N) is 1. The van der Waals surface area contributed by atoms with Gasteiger partial charge in [-0.15, -0.1) is 0 Å². The van der Waals surface area contributed by atoms with E-state index in [9.17, 15) is 18.0 Å². The molecule has 122 valence electrons. The van der Waals surface area contributed by atoms with Crippen LogP contribution in [0.25, 0.3) is 10.8 Å². The lowest BCUT2D eigenvalue weighted by atomic mass is 10.1. The van der Waals surface area contributed by atoms with E-state index in [1.165, 1.54) is 24.3 Å². The number of rotatable bonds is 3. The maximum absolute atomic E-state index is 12.4. The molecule has 0 aliphatic heterocycles. The van der Waals surface area contributed by atoms with Gasteiger partial charge in [-0.25, -0.2) is 18.7 Å². The van der Waals surface area contributed by atoms with Gasteiger partial charge in [0.1, 0.15) is 0 Å². The lowest BCUT2D eigenvalue weighted by Gasteiger charge is -2.07. The number of sulfonamides is 1. The molecule has 8 nitrogen and oxygen atoms in total. The first kappa shape index (κ1) is 15.8. The zero-order valence-electron chi connectivity index (χ0n) is 12.2. The molecule has 0 saturated heterocycles. The van der Waals surface area contributed by atoms with Crippen molar-refractivity contribution in [1.29, 1.82) is 0 Å². The molecule has 2 aromatic carbocycles. The summed E-state index contributed by atoms with van der Waals surface area (Å²) in [6, 6.07) is 12.1. The van der Waals surface area contributed by atoms with Crippen LogP contribution >= 0.6 is 0 Å². The Bertz CT molecular complexity index is 1110. The summed E-state index contributed by atoms with van der Waals surface area (Å²) in [5, 5.41) is 14.4. The van der Waals surface area contributed by atoms with Crippen molar-refractivity contribution < 1.29 is 13.2 Å². The van der Waals surface area contributed by atoms with Gasteiger partial charge in [0.05, 0.1) is 10.3 Å². The highest BCUT2D eigenvalue weighted by Gasteiger charge is 2.15. The molecule has 0 atom stereocenters. The first-order valence-electron chi connectivity index (χ1n) is 6.78. The fourth-order valence-electron chi connectivity index (χ4n) is 2.23. The van der Waals surface area contributed by atoms with Crippen molar-refractivity contribution in [3.05, 3.63) is 64.6 Å². The van der Waals surface area contributed by atoms with Crippen LogP contribution in [0.1, 0.15) is 10.5 Å². The molecule has 1 heterocycles. The van der Waals surface area contributed by atoms with Crippen LogP contribution < -0.4 is 16.0 Å². The highest BCUT2D eigenvalue weighted by Crippen LogP contribution is 2.17. The summed E-state index contributed by atoms with van der Waals surface area (Å²) >= 11 is 0. The molecule has 24 heavy (non-hydrogen) atoms. The van der Waals surface area contributed by atoms with Crippen molar-refractivity contribution in [2.24, 2.45) is 5.14 Å². The second-order valence-electron chi connectivity index (χ2n) is 4.97. The highest BCUT2D eigenvalue weighted by molar-refractivity contribution is 7.89. The van der Waals surface area contributed by atoms with E-state index in [0.717, 1.165) is 0 Å². The largest absolute Gasteiger partial charge is 0.321 e. The monoisotopic (exact) mass is 344 g/mol. The Hall–Kier alpha value is -3.04. The van der Waals surface area contributed by atoms with Gasteiger partial charge in [-0.05, 0) is 24.3 Å². The van der Waals surface area contributed by atoms with Crippen LogP contribution in [0.5, 0.6) is 0 Å². The van der Waals surface area contributed by atoms with Crippen LogP contribution in [-0.2, 0) is 10.0 Å². The summed E-state index contributed by atoms with van der Waals surface area (Å²) in [4.78, 5) is 24.0. The number of fused-ring (bicyclic) bond motifs is 1. The molecule has 0 aliphatic rings. The second-order valence-corrected chi connectivity index (χ2v) is 6.54. The van der Waals surface area contributed by atoms with E-state index < -0.39 is 21.5 Å². The summed E-state index contributed by atoms with van der Waals surface area (Å²) in [5.74, 6) is -0.589. The van der Waals surface area contributed by atoms with Gasteiger partial charge >= 0.3 is 0 Å². The molecular formula is C15H12N4O4S. The first-order valence-corrected chi connectivity index (χ1v) is 8.32. The van der Waals surface area contributed by atoms with E-state index >= 15 is 0 Å². The molecule has 0 spiro atoms. The molecule has 4 N–H and O–H groups in total. The first-order chi connectivity index (χ1) is 11.4. The van der Waals surface area contributed by atoms with Crippen LogP contribution in [0.15, 0.2) is 58.2 Å². The lowest BCUT2D eigenvalue weighted by Crippen LogP contribution is -2.19. The van der Waals surface area contributed by atoms with E-state index in [4.69, 9.17) is 5.14 Å². The Morgan fingerprint density at radius 2 is 1.79 bits per heavy atom. The molecular weight excluding hydrogens is 332 g/mol. The normalized spacial score (nSPS) is 11.4. The van der Waals surface area contributed by atoms with E-state index in [2.05, 4.69) is 15.5 Å². The third kappa shape index (κ3) is 3.03. The average Bonchev–Trinajstić information content (AvgIpc) is 2.55. The Morgan fingerprint density at radius 3 is 2.50 bits per heavy atom. The SMILES string of the molecule is NS(=O)(=O)c1cccc(NC(=O)c2n[nH]c(=O)c3ccccc23)c1. The van der Waals surface area contributed by atoms with Gasteiger partial charge in [0.2, 0.25) is 10.0 Å². The van der Waals surface area contributed by atoms with Gasteiger partial charge < -0.3 is 5.32 Å². The van der Waals surface area contributed by atoms with Crippen LogP contribution in [0.3, 0.4) is 0 Å². The van der Waals surface area contributed by atoms with Gasteiger partial charge in [0, 0.05) is 11.1 Å². The third-order valence-corrected chi connectivity index (χ3v) is 4.24. The number of aromatic amines is 1. The molecule has 9 heteroatoms. The Morgan fingerprint density at radius 1 is 1.08 bits per heavy atom. The summed E-state index contributed by atoms with van der Waals surface area (Å²) in [6.45, 7) is 0. The molecule has 0 bridgehead atoms. The number of carbonyl (C=O) groups is 1. The number of aromatic nitrogens is 2. The van der Waals surface area contributed by atoms with Crippen LogP contribution in [0.2, 0.25) is 0 Å². The summed E-state index contributed by atoms with van der Waals surface area (Å²) in [7, 11) is -3.88. The van der Waals surface area contributed by atoms with Gasteiger partial charge in [0.15, 0.2) is 5.69 Å². The van der Waals surface area contributed by atoms with E-state index in [-0.39, 0.29) is 16.3 Å². The summed E-state index contributed by atoms with van der Waals surface area (Å²) in [6.07, 6.45) is 0. The number of hydrogen-bond acceptors (Lipinski definition) is 5. The summed E-state index contributed by atoms with van der Waals surface area (Å²) in [5.41, 5.74) is -0.145. The fraction of sp³-hybridized carbons (Fsp3) is 0. The molecule has 3 aromatic rings. The number of H-pyrrole nitrogens is 1. The molecule has 0 fully saturated rings. The van der Waals surface area contributed by atoms with Crippen molar-refractivity contribution in [3.8, 4) is 0 Å². The molecule has 0 aliphatic carbocycles. The zero-order valence-corrected chi connectivity index (χ0v) is 13.0. The number of anilines is 1. The smallest absolute Gasteiger partial charge is 0.276 e. The molecule has 1 amide bonds. The third-order valence-electron chi connectivity index (χ3n) is 3.33. The number of primary sulfonamides is 1. The lowest BCUT2D eigenvalue weighted by molar-refractivity contribution is 0.102. The number of carbonyl (C=O) groups excluding carboxylic acids is 1. The highest BCUT2D eigenvalue weighted by atomic mass is 32.2. The van der Waals surface area contributed by atoms with Crippen molar-refractivity contribution in [1.82, 2.24) is 10.2 Å².